The van der Waals surface area contributed by atoms with Crippen molar-refractivity contribution in [3.05, 3.63) is 58.9 Å². The molecule has 0 atom stereocenters. The van der Waals surface area contributed by atoms with Crippen LogP contribution in [0.15, 0.2) is 42.6 Å². The van der Waals surface area contributed by atoms with Crippen LogP contribution in [0.5, 0.6) is 0 Å². The zero-order chi connectivity index (χ0) is 16.9. The minimum absolute atomic E-state index is 0.0131. The Morgan fingerprint density at radius 2 is 2.04 bits per heavy atom. The topological polar surface area (TPSA) is 36.4 Å². The molecule has 0 aliphatic carbocycles. The molecule has 0 spiro atoms. The Labute approximate surface area is 148 Å². The highest BCUT2D eigenvalue weighted by molar-refractivity contribution is 6.33. The third kappa shape index (κ3) is 3.88. The zero-order valence-electron chi connectivity index (χ0n) is 13.9. The molecule has 4 nitrogen and oxygen atoms in total. The van der Waals surface area contributed by atoms with E-state index < -0.39 is 0 Å². The van der Waals surface area contributed by atoms with Crippen LogP contribution in [0.4, 0.5) is 5.69 Å². The monoisotopic (exact) mass is 343 g/mol. The number of nitrogens with zero attached hydrogens (tertiary/aromatic N) is 3. The molecule has 2 aromatic rings. The molecular formula is C19H22ClN3O. The number of pyridine rings is 1. The summed E-state index contributed by atoms with van der Waals surface area (Å²) >= 11 is 6.41. The minimum Gasteiger partial charge on any atom is -0.370 e. The van der Waals surface area contributed by atoms with Crippen LogP contribution in [0.3, 0.4) is 0 Å². The summed E-state index contributed by atoms with van der Waals surface area (Å²) in [6.07, 6.45) is 4.91. The summed E-state index contributed by atoms with van der Waals surface area (Å²) in [5, 5.41) is 0.654. The Hall–Kier alpha value is -2.07. The van der Waals surface area contributed by atoms with E-state index in [0.29, 0.717) is 17.1 Å². The van der Waals surface area contributed by atoms with E-state index >= 15 is 0 Å². The summed E-state index contributed by atoms with van der Waals surface area (Å²) < 4.78 is 0. The summed E-state index contributed by atoms with van der Waals surface area (Å²) in [6.45, 7) is 2.70. The van der Waals surface area contributed by atoms with E-state index in [4.69, 9.17) is 11.6 Å². The normalized spacial score (nSPS) is 14.0. The number of aromatic nitrogens is 1. The third-order valence-corrected chi connectivity index (χ3v) is 4.72. The van der Waals surface area contributed by atoms with Gasteiger partial charge in [-0.3, -0.25) is 9.78 Å². The van der Waals surface area contributed by atoms with Gasteiger partial charge in [0, 0.05) is 50.6 Å². The molecule has 24 heavy (non-hydrogen) atoms. The highest BCUT2D eigenvalue weighted by Gasteiger charge is 2.18. The van der Waals surface area contributed by atoms with E-state index in [2.05, 4.69) is 9.88 Å². The van der Waals surface area contributed by atoms with Crippen LogP contribution in [0, 0.1) is 0 Å². The first-order valence-corrected chi connectivity index (χ1v) is 8.73. The molecule has 2 heterocycles. The maximum Gasteiger partial charge on any atom is 0.253 e. The minimum atomic E-state index is -0.0131. The van der Waals surface area contributed by atoms with Gasteiger partial charge in [0.05, 0.1) is 10.7 Å². The highest BCUT2D eigenvalue weighted by Crippen LogP contribution is 2.29. The van der Waals surface area contributed by atoms with Gasteiger partial charge in [0.2, 0.25) is 0 Å². The van der Waals surface area contributed by atoms with Gasteiger partial charge in [0.1, 0.15) is 0 Å². The summed E-state index contributed by atoms with van der Waals surface area (Å²) in [5.74, 6) is -0.0131. The van der Waals surface area contributed by atoms with Gasteiger partial charge in [-0.05, 0) is 43.2 Å². The number of hydrogen-bond acceptors (Lipinski definition) is 3. The number of carbonyl (C=O) groups excluding carboxylic acids is 1. The number of carbonyl (C=O) groups is 1. The van der Waals surface area contributed by atoms with Crippen LogP contribution in [0.1, 0.15) is 28.9 Å². The van der Waals surface area contributed by atoms with Gasteiger partial charge in [-0.15, -0.1) is 0 Å². The van der Waals surface area contributed by atoms with E-state index in [1.165, 1.54) is 12.8 Å². The van der Waals surface area contributed by atoms with Gasteiger partial charge in [-0.2, -0.15) is 0 Å². The molecular weight excluding hydrogens is 322 g/mol. The number of likely N-dealkylation sites (N-methyl/N-ethyl adjacent to an activating group) is 1. The van der Waals surface area contributed by atoms with Crippen LogP contribution in [-0.2, 0) is 6.42 Å². The fourth-order valence-corrected chi connectivity index (χ4v) is 3.30. The smallest absolute Gasteiger partial charge is 0.253 e. The fourth-order valence-electron chi connectivity index (χ4n) is 3.00. The zero-order valence-corrected chi connectivity index (χ0v) is 14.7. The van der Waals surface area contributed by atoms with Gasteiger partial charge in [-0.1, -0.05) is 17.7 Å². The quantitative estimate of drug-likeness (QED) is 0.831. The summed E-state index contributed by atoms with van der Waals surface area (Å²) in [6, 6.07) is 11.4. The summed E-state index contributed by atoms with van der Waals surface area (Å²) in [5.41, 5.74) is 2.65. The molecule has 1 aromatic heterocycles. The number of hydrogen-bond donors (Lipinski definition) is 0. The molecule has 5 heteroatoms. The maximum absolute atomic E-state index is 12.6. The van der Waals surface area contributed by atoms with Gasteiger partial charge < -0.3 is 9.80 Å². The van der Waals surface area contributed by atoms with Crippen LogP contribution in [0.2, 0.25) is 5.02 Å². The van der Waals surface area contributed by atoms with Crippen LogP contribution in [0.25, 0.3) is 0 Å². The molecule has 1 fully saturated rings. The van der Waals surface area contributed by atoms with Crippen LogP contribution in [-0.4, -0.2) is 42.5 Å². The molecule has 1 aliphatic heterocycles. The SMILES string of the molecule is CN(CCc1ccccn1)C(=O)c1ccc(N2CCCC2)c(Cl)c1. The van der Waals surface area contributed by atoms with Crippen molar-refractivity contribution in [2.45, 2.75) is 19.3 Å². The predicted molar refractivity (Wildman–Crippen MR) is 97.8 cm³/mol. The number of anilines is 1. The van der Waals surface area contributed by atoms with Crippen LogP contribution < -0.4 is 4.90 Å². The lowest BCUT2D eigenvalue weighted by molar-refractivity contribution is 0.0796. The van der Waals surface area contributed by atoms with Gasteiger partial charge >= 0.3 is 0 Å². The molecule has 1 saturated heterocycles. The standard InChI is InChI=1S/C19H22ClN3O/c1-22(13-9-16-6-2-3-10-21-16)19(24)15-7-8-18(17(20)14-15)23-11-4-5-12-23/h2-3,6-8,10,14H,4-5,9,11-13H2,1H3. The van der Waals surface area contributed by atoms with E-state index in [1.54, 1.807) is 17.2 Å². The molecule has 1 aliphatic rings. The average molecular weight is 344 g/mol. The average Bonchev–Trinajstić information content (AvgIpc) is 3.14. The lowest BCUT2D eigenvalue weighted by Crippen LogP contribution is -2.29. The van der Waals surface area contributed by atoms with Crippen molar-refractivity contribution in [1.82, 2.24) is 9.88 Å². The number of benzene rings is 1. The number of halogens is 1. The van der Waals surface area contributed by atoms with E-state index in [1.807, 2.05) is 37.4 Å². The highest BCUT2D eigenvalue weighted by atomic mass is 35.5. The second-order valence-corrected chi connectivity index (χ2v) is 6.57. The number of amides is 1. The second-order valence-electron chi connectivity index (χ2n) is 6.16. The molecule has 0 radical (unpaired) electrons. The molecule has 0 bridgehead atoms. The fraction of sp³-hybridized carbons (Fsp3) is 0.368. The van der Waals surface area contributed by atoms with Gasteiger partial charge in [-0.25, -0.2) is 0 Å². The molecule has 1 aromatic carbocycles. The van der Waals surface area contributed by atoms with Crippen LogP contribution >= 0.6 is 11.6 Å². The first-order chi connectivity index (χ1) is 11.6. The number of rotatable bonds is 5. The molecule has 3 rings (SSSR count). The van der Waals surface area contributed by atoms with E-state index in [-0.39, 0.29) is 5.91 Å². The molecule has 1 amide bonds. The van der Waals surface area contributed by atoms with Crippen molar-refractivity contribution in [2.24, 2.45) is 0 Å². The maximum atomic E-state index is 12.6. The van der Waals surface area contributed by atoms with Crippen molar-refractivity contribution in [3.63, 3.8) is 0 Å². The summed E-state index contributed by atoms with van der Waals surface area (Å²) in [7, 11) is 1.81. The Kier molecular flexibility index (Phi) is 5.36. The molecule has 0 N–H and O–H groups in total. The summed E-state index contributed by atoms with van der Waals surface area (Å²) in [4.78, 5) is 20.9. The van der Waals surface area contributed by atoms with E-state index in [9.17, 15) is 4.79 Å². The molecule has 0 unspecified atom stereocenters. The van der Waals surface area contributed by atoms with E-state index in [0.717, 1.165) is 30.9 Å². The van der Waals surface area contributed by atoms with Crippen molar-refractivity contribution in [3.8, 4) is 0 Å². The third-order valence-electron chi connectivity index (χ3n) is 4.42. The first-order valence-electron chi connectivity index (χ1n) is 8.35. The Balaban J connectivity index is 1.64. The van der Waals surface area contributed by atoms with Gasteiger partial charge in [0.15, 0.2) is 0 Å². The van der Waals surface area contributed by atoms with Crippen molar-refractivity contribution in [1.29, 1.82) is 0 Å². The lowest BCUT2D eigenvalue weighted by Gasteiger charge is -2.21. The first kappa shape index (κ1) is 16.8. The van der Waals surface area contributed by atoms with Crippen molar-refractivity contribution < 1.29 is 4.79 Å². The van der Waals surface area contributed by atoms with Gasteiger partial charge in [0.25, 0.3) is 5.91 Å². The molecule has 0 saturated carbocycles. The Morgan fingerprint density at radius 3 is 2.71 bits per heavy atom. The van der Waals surface area contributed by atoms with Crippen molar-refractivity contribution >= 4 is 23.2 Å². The largest absolute Gasteiger partial charge is 0.370 e. The Morgan fingerprint density at radius 1 is 1.25 bits per heavy atom. The van der Waals surface area contributed by atoms with Crippen molar-refractivity contribution in [2.75, 3.05) is 31.6 Å². The Bertz CT molecular complexity index is 699. The predicted octanol–water partition coefficient (Wildman–Crippen LogP) is 3.65. The lowest BCUT2D eigenvalue weighted by atomic mass is 10.1. The molecule has 126 valence electrons. The second kappa shape index (κ2) is 7.67.